The lowest BCUT2D eigenvalue weighted by atomic mass is 10.0. The number of oxime groups is 1. The Morgan fingerprint density at radius 3 is 2.55 bits per heavy atom. The Bertz CT molecular complexity index is 698. The number of hydrogen-bond acceptors (Lipinski definition) is 5. The maximum Gasteiger partial charge on any atom is 0.297 e. The Balaban J connectivity index is 2.26. The van der Waals surface area contributed by atoms with Crippen LogP contribution in [-0.4, -0.2) is 22.0 Å². The van der Waals surface area contributed by atoms with Crippen molar-refractivity contribution in [1.29, 1.82) is 0 Å². The van der Waals surface area contributed by atoms with Gasteiger partial charge in [0.1, 0.15) is 12.4 Å². The fourth-order valence-corrected chi connectivity index (χ4v) is 2.03. The van der Waals surface area contributed by atoms with Gasteiger partial charge in [-0.2, -0.15) is 0 Å². The topological polar surface area (TPSA) is 91.2 Å². The summed E-state index contributed by atoms with van der Waals surface area (Å²) in [4.78, 5) is 11.5. The highest BCUT2D eigenvalue weighted by Gasteiger charge is 2.17. The normalized spacial score (nSPS) is 11.1. The lowest BCUT2D eigenvalue weighted by molar-refractivity contribution is -0.122. The molecule has 6 nitrogen and oxygen atoms in total. The van der Waals surface area contributed by atoms with Crippen LogP contribution < -0.4 is 10.2 Å². The standard InChI is InChI=1S/C16H16N2O4/c1-11-6-2-5-9-14(11)22-10-12-7-3-4-8-13(12)15(17-20)16(19)18-21/h2-9,20-21H,10H2,1H3,(H,18,19). The van der Waals surface area contributed by atoms with Crippen LogP contribution in [0.4, 0.5) is 0 Å². The fourth-order valence-electron chi connectivity index (χ4n) is 2.03. The number of aryl methyl sites for hydroxylation is 1. The molecule has 0 spiro atoms. The maximum atomic E-state index is 11.5. The van der Waals surface area contributed by atoms with Gasteiger partial charge in [-0.25, -0.2) is 5.48 Å². The summed E-state index contributed by atoms with van der Waals surface area (Å²) in [5, 5.41) is 20.7. The predicted octanol–water partition coefficient (Wildman–Crippen LogP) is 2.26. The first kappa shape index (κ1) is 15.5. The zero-order valence-electron chi connectivity index (χ0n) is 12.0. The average Bonchev–Trinajstić information content (AvgIpc) is 2.55. The number of ether oxygens (including phenoxy) is 1. The third-order valence-corrected chi connectivity index (χ3v) is 3.17. The van der Waals surface area contributed by atoms with Crippen molar-refractivity contribution in [3.8, 4) is 5.75 Å². The van der Waals surface area contributed by atoms with E-state index in [0.29, 0.717) is 11.1 Å². The van der Waals surface area contributed by atoms with Gasteiger partial charge < -0.3 is 9.94 Å². The molecule has 0 aliphatic carbocycles. The van der Waals surface area contributed by atoms with Crippen LogP contribution in [0.3, 0.4) is 0 Å². The number of rotatable bonds is 5. The number of carbonyl (C=O) groups excluding carboxylic acids is 1. The predicted molar refractivity (Wildman–Crippen MR) is 80.2 cm³/mol. The van der Waals surface area contributed by atoms with Crippen molar-refractivity contribution in [3.63, 3.8) is 0 Å². The van der Waals surface area contributed by atoms with Crippen molar-refractivity contribution < 1.29 is 19.9 Å². The lowest BCUT2D eigenvalue weighted by Crippen LogP contribution is -2.29. The van der Waals surface area contributed by atoms with Crippen LogP contribution in [0.1, 0.15) is 16.7 Å². The first-order valence-corrected chi connectivity index (χ1v) is 6.60. The van der Waals surface area contributed by atoms with E-state index in [9.17, 15) is 4.79 Å². The Kier molecular flexibility index (Phi) is 5.11. The van der Waals surface area contributed by atoms with Crippen molar-refractivity contribution in [3.05, 3.63) is 65.2 Å². The summed E-state index contributed by atoms with van der Waals surface area (Å²) >= 11 is 0. The highest BCUT2D eigenvalue weighted by Crippen LogP contribution is 2.19. The van der Waals surface area contributed by atoms with Crippen LogP contribution >= 0.6 is 0 Å². The molecule has 0 atom stereocenters. The molecule has 0 aliphatic heterocycles. The van der Waals surface area contributed by atoms with E-state index >= 15 is 0 Å². The molecule has 6 heteroatoms. The molecule has 0 radical (unpaired) electrons. The number of hydroxylamine groups is 1. The van der Waals surface area contributed by atoms with Crippen molar-refractivity contribution >= 4 is 11.6 Å². The summed E-state index contributed by atoms with van der Waals surface area (Å²) in [5.41, 5.74) is 3.19. The molecule has 0 aliphatic rings. The van der Waals surface area contributed by atoms with Crippen molar-refractivity contribution in [2.45, 2.75) is 13.5 Å². The molecule has 2 aromatic carbocycles. The minimum atomic E-state index is -0.897. The minimum absolute atomic E-state index is 0.193. The van der Waals surface area contributed by atoms with E-state index in [1.54, 1.807) is 24.3 Å². The Labute approximate surface area is 127 Å². The van der Waals surface area contributed by atoms with Gasteiger partial charge in [-0.15, -0.1) is 0 Å². The van der Waals surface area contributed by atoms with Crippen LogP contribution in [0.15, 0.2) is 53.7 Å². The van der Waals surface area contributed by atoms with Gasteiger partial charge in [0.2, 0.25) is 0 Å². The van der Waals surface area contributed by atoms with Crippen molar-refractivity contribution in [2.24, 2.45) is 5.16 Å². The van der Waals surface area contributed by atoms with E-state index in [2.05, 4.69) is 5.16 Å². The summed E-state index contributed by atoms with van der Waals surface area (Å²) in [6.07, 6.45) is 0. The molecular formula is C16H16N2O4. The van der Waals surface area contributed by atoms with Crippen molar-refractivity contribution in [2.75, 3.05) is 0 Å². The quantitative estimate of drug-likeness (QED) is 0.342. The number of benzene rings is 2. The molecule has 0 bridgehead atoms. The van der Waals surface area contributed by atoms with Crippen LogP contribution in [0.5, 0.6) is 5.75 Å². The Hall–Kier alpha value is -2.86. The van der Waals surface area contributed by atoms with E-state index in [1.165, 1.54) is 5.48 Å². The number of nitrogens with one attached hydrogen (secondary N) is 1. The van der Waals surface area contributed by atoms with Gasteiger partial charge in [-0.05, 0) is 24.1 Å². The number of hydrogen-bond donors (Lipinski definition) is 3. The van der Waals surface area contributed by atoms with Gasteiger partial charge in [0.05, 0.1) is 0 Å². The van der Waals surface area contributed by atoms with Crippen LogP contribution in [-0.2, 0) is 11.4 Å². The molecule has 0 unspecified atom stereocenters. The Morgan fingerprint density at radius 1 is 1.18 bits per heavy atom. The summed E-state index contributed by atoms with van der Waals surface area (Å²) in [7, 11) is 0. The molecule has 0 aromatic heterocycles. The minimum Gasteiger partial charge on any atom is -0.489 e. The summed E-state index contributed by atoms with van der Waals surface area (Å²) in [6.45, 7) is 2.12. The monoisotopic (exact) mass is 300 g/mol. The largest absolute Gasteiger partial charge is 0.489 e. The first-order chi connectivity index (χ1) is 10.7. The maximum absolute atomic E-state index is 11.5. The molecule has 114 valence electrons. The molecule has 22 heavy (non-hydrogen) atoms. The summed E-state index contributed by atoms with van der Waals surface area (Å²) in [6, 6.07) is 14.4. The fraction of sp³-hybridized carbons (Fsp3) is 0.125. The third-order valence-electron chi connectivity index (χ3n) is 3.17. The second kappa shape index (κ2) is 7.24. The smallest absolute Gasteiger partial charge is 0.297 e. The molecule has 3 N–H and O–H groups in total. The van der Waals surface area contributed by atoms with E-state index in [4.69, 9.17) is 15.2 Å². The molecule has 0 heterocycles. The van der Waals surface area contributed by atoms with Gasteiger partial charge in [-0.3, -0.25) is 10.0 Å². The van der Waals surface area contributed by atoms with Crippen molar-refractivity contribution in [1.82, 2.24) is 5.48 Å². The summed E-state index contributed by atoms with van der Waals surface area (Å²) in [5.74, 6) is -0.169. The van der Waals surface area contributed by atoms with Gasteiger partial charge in [0.25, 0.3) is 5.91 Å². The molecular weight excluding hydrogens is 284 g/mol. The molecule has 0 saturated heterocycles. The molecule has 0 saturated carbocycles. The average molecular weight is 300 g/mol. The second-order valence-corrected chi connectivity index (χ2v) is 4.60. The molecule has 2 rings (SSSR count). The van der Waals surface area contributed by atoms with Gasteiger partial charge in [0, 0.05) is 5.56 Å². The second-order valence-electron chi connectivity index (χ2n) is 4.60. The SMILES string of the molecule is Cc1ccccc1OCc1ccccc1C(=NO)C(=O)NO. The number of carbonyl (C=O) groups is 1. The molecule has 0 fully saturated rings. The third kappa shape index (κ3) is 3.42. The van der Waals surface area contributed by atoms with Crippen LogP contribution in [0, 0.1) is 6.92 Å². The highest BCUT2D eigenvalue weighted by molar-refractivity contribution is 6.45. The van der Waals surface area contributed by atoms with Gasteiger partial charge in [0.15, 0.2) is 5.71 Å². The Morgan fingerprint density at radius 2 is 1.86 bits per heavy atom. The molecule has 1 amide bonds. The van der Waals surface area contributed by atoms with Crippen LogP contribution in [0.2, 0.25) is 0 Å². The van der Waals surface area contributed by atoms with E-state index in [-0.39, 0.29) is 12.3 Å². The van der Waals surface area contributed by atoms with E-state index in [1.807, 2.05) is 31.2 Å². The van der Waals surface area contributed by atoms with Gasteiger partial charge >= 0.3 is 0 Å². The number of para-hydroxylation sites is 1. The van der Waals surface area contributed by atoms with E-state index < -0.39 is 5.91 Å². The van der Waals surface area contributed by atoms with Gasteiger partial charge in [-0.1, -0.05) is 47.6 Å². The van der Waals surface area contributed by atoms with Crippen LogP contribution in [0.25, 0.3) is 0 Å². The first-order valence-electron chi connectivity index (χ1n) is 6.60. The lowest BCUT2D eigenvalue weighted by Gasteiger charge is -2.12. The zero-order chi connectivity index (χ0) is 15.9. The zero-order valence-corrected chi connectivity index (χ0v) is 12.0. The van der Waals surface area contributed by atoms with E-state index in [0.717, 1.165) is 11.3 Å². The highest BCUT2D eigenvalue weighted by atomic mass is 16.5. The number of nitrogens with zero attached hydrogens (tertiary/aromatic N) is 1. The number of amides is 1. The molecule has 2 aromatic rings. The summed E-state index contributed by atoms with van der Waals surface area (Å²) < 4.78 is 5.74.